The van der Waals surface area contributed by atoms with Crippen molar-refractivity contribution in [1.29, 1.82) is 0 Å². The molecule has 0 atom stereocenters. The highest BCUT2D eigenvalue weighted by Crippen LogP contribution is 2.33. The topological polar surface area (TPSA) is 54.7 Å². The van der Waals surface area contributed by atoms with Crippen molar-refractivity contribution in [2.24, 2.45) is 5.92 Å². The molecule has 1 heterocycles. The lowest BCUT2D eigenvalue weighted by molar-refractivity contribution is 0.581. The summed E-state index contributed by atoms with van der Waals surface area (Å²) in [5.41, 5.74) is 8.87. The number of rotatable bonds is 4. The molecule has 2 aromatic rings. The molecule has 0 bridgehead atoms. The summed E-state index contributed by atoms with van der Waals surface area (Å²) in [6.45, 7) is 4.39. The fraction of sp³-hybridized carbons (Fsp3) is 0.357. The van der Waals surface area contributed by atoms with E-state index in [9.17, 15) is 0 Å². The van der Waals surface area contributed by atoms with Crippen LogP contribution in [0.25, 0.3) is 11.1 Å². The van der Waals surface area contributed by atoms with Crippen molar-refractivity contribution in [2.75, 3.05) is 5.73 Å². The van der Waals surface area contributed by atoms with Crippen molar-refractivity contribution in [3.8, 4) is 11.1 Å². The van der Waals surface area contributed by atoms with Gasteiger partial charge in [0.1, 0.15) is 0 Å². The zero-order valence-electron chi connectivity index (χ0n) is 11.0. The number of nitrogens with zero attached hydrogens (tertiary/aromatic N) is 1. The monoisotopic (exact) mass is 297 g/mol. The van der Waals surface area contributed by atoms with Gasteiger partial charge in [-0.15, -0.1) is 0 Å². The molecule has 0 saturated carbocycles. The SMILES string of the molecule is CC(C)CCc1[nH]nc(N)c1-c1ccc(Cl)c(Cl)c1. The maximum absolute atomic E-state index is 6.06. The van der Waals surface area contributed by atoms with Crippen LogP contribution >= 0.6 is 23.2 Å². The molecule has 1 aromatic heterocycles. The molecule has 0 spiro atoms. The molecule has 102 valence electrons. The number of H-pyrrole nitrogens is 1. The Balaban J connectivity index is 2.37. The smallest absolute Gasteiger partial charge is 0.153 e. The summed E-state index contributed by atoms with van der Waals surface area (Å²) in [6.07, 6.45) is 1.99. The van der Waals surface area contributed by atoms with Gasteiger partial charge in [-0.3, -0.25) is 5.10 Å². The Kier molecular flexibility index (Phi) is 4.38. The van der Waals surface area contributed by atoms with E-state index in [2.05, 4.69) is 24.0 Å². The molecule has 5 heteroatoms. The fourth-order valence-corrected chi connectivity index (χ4v) is 2.28. The number of nitrogens with two attached hydrogens (primary N) is 1. The lowest BCUT2D eigenvalue weighted by Gasteiger charge is -2.07. The van der Waals surface area contributed by atoms with Gasteiger partial charge in [0.05, 0.1) is 10.0 Å². The van der Waals surface area contributed by atoms with Crippen molar-refractivity contribution in [1.82, 2.24) is 10.2 Å². The van der Waals surface area contributed by atoms with Gasteiger partial charge in [-0.05, 0) is 36.5 Å². The van der Waals surface area contributed by atoms with E-state index in [-0.39, 0.29) is 0 Å². The second-order valence-electron chi connectivity index (χ2n) is 5.02. The highest BCUT2D eigenvalue weighted by molar-refractivity contribution is 6.42. The molecule has 1 aromatic carbocycles. The fourth-order valence-electron chi connectivity index (χ4n) is 1.98. The van der Waals surface area contributed by atoms with Gasteiger partial charge in [-0.25, -0.2) is 0 Å². The number of anilines is 1. The summed E-state index contributed by atoms with van der Waals surface area (Å²) >= 11 is 12.0. The van der Waals surface area contributed by atoms with E-state index in [4.69, 9.17) is 28.9 Å². The quantitative estimate of drug-likeness (QED) is 0.869. The minimum absolute atomic E-state index is 0.497. The van der Waals surface area contributed by atoms with Crippen LogP contribution in [0.3, 0.4) is 0 Å². The first kappa shape index (κ1) is 14.2. The molecular formula is C14H17Cl2N3. The van der Waals surface area contributed by atoms with Crippen LogP contribution < -0.4 is 5.73 Å². The lowest BCUT2D eigenvalue weighted by atomic mass is 10.00. The highest BCUT2D eigenvalue weighted by atomic mass is 35.5. The predicted octanol–water partition coefficient (Wildman–Crippen LogP) is 4.55. The summed E-state index contributed by atoms with van der Waals surface area (Å²) < 4.78 is 0. The van der Waals surface area contributed by atoms with Crippen LogP contribution in [0.4, 0.5) is 5.82 Å². The number of aryl methyl sites for hydroxylation is 1. The van der Waals surface area contributed by atoms with Gasteiger partial charge < -0.3 is 5.73 Å². The number of aromatic amines is 1. The van der Waals surface area contributed by atoms with Crippen LogP contribution in [0, 0.1) is 5.92 Å². The number of hydrogen-bond acceptors (Lipinski definition) is 2. The van der Waals surface area contributed by atoms with Crippen molar-refractivity contribution in [3.05, 3.63) is 33.9 Å². The zero-order chi connectivity index (χ0) is 14.0. The number of benzene rings is 1. The summed E-state index contributed by atoms with van der Waals surface area (Å²) in [5, 5.41) is 8.17. The normalized spacial score (nSPS) is 11.2. The Labute approximate surface area is 123 Å². The van der Waals surface area contributed by atoms with Gasteiger partial charge in [0.15, 0.2) is 5.82 Å². The summed E-state index contributed by atoms with van der Waals surface area (Å²) in [4.78, 5) is 0. The molecule has 0 amide bonds. The second kappa shape index (κ2) is 5.85. The van der Waals surface area contributed by atoms with E-state index in [1.54, 1.807) is 6.07 Å². The molecule has 2 rings (SSSR count). The third kappa shape index (κ3) is 3.23. The average Bonchev–Trinajstić information content (AvgIpc) is 2.71. The number of nitrogen functional groups attached to an aromatic ring is 1. The van der Waals surface area contributed by atoms with Gasteiger partial charge in [-0.2, -0.15) is 5.10 Å². The number of aromatic nitrogens is 2. The first-order valence-electron chi connectivity index (χ1n) is 6.27. The van der Waals surface area contributed by atoms with Crippen molar-refractivity contribution in [3.63, 3.8) is 0 Å². The third-order valence-corrected chi connectivity index (χ3v) is 3.79. The van der Waals surface area contributed by atoms with Crippen LogP contribution in [0.15, 0.2) is 18.2 Å². The predicted molar refractivity (Wildman–Crippen MR) is 81.6 cm³/mol. The van der Waals surface area contributed by atoms with E-state index < -0.39 is 0 Å². The molecule has 19 heavy (non-hydrogen) atoms. The number of hydrogen-bond donors (Lipinski definition) is 2. The summed E-state index contributed by atoms with van der Waals surface area (Å²) in [5.74, 6) is 1.13. The average molecular weight is 298 g/mol. The largest absolute Gasteiger partial charge is 0.382 e. The molecule has 0 saturated heterocycles. The Bertz CT molecular complexity index is 576. The highest BCUT2D eigenvalue weighted by Gasteiger charge is 2.14. The molecule has 0 radical (unpaired) electrons. The lowest BCUT2D eigenvalue weighted by Crippen LogP contribution is -1.95. The molecule has 0 aliphatic carbocycles. The molecule has 0 aliphatic heterocycles. The molecule has 3 N–H and O–H groups in total. The van der Waals surface area contributed by atoms with Crippen LogP contribution in [0.5, 0.6) is 0 Å². The van der Waals surface area contributed by atoms with E-state index in [0.29, 0.717) is 21.8 Å². The first-order valence-corrected chi connectivity index (χ1v) is 7.02. The molecule has 3 nitrogen and oxygen atoms in total. The van der Waals surface area contributed by atoms with Gasteiger partial charge in [-0.1, -0.05) is 43.1 Å². The third-order valence-electron chi connectivity index (χ3n) is 3.05. The Morgan fingerprint density at radius 2 is 2.00 bits per heavy atom. The Morgan fingerprint density at radius 3 is 2.63 bits per heavy atom. The van der Waals surface area contributed by atoms with Crippen LogP contribution in [-0.2, 0) is 6.42 Å². The Morgan fingerprint density at radius 1 is 1.26 bits per heavy atom. The standard InChI is InChI=1S/C14H17Cl2N3/c1-8(2)3-6-12-13(14(17)19-18-12)9-4-5-10(15)11(16)7-9/h4-5,7-8H,3,6H2,1-2H3,(H3,17,18,19). The van der Waals surface area contributed by atoms with E-state index in [1.807, 2.05) is 12.1 Å². The van der Waals surface area contributed by atoms with Gasteiger partial charge in [0, 0.05) is 11.3 Å². The maximum atomic E-state index is 6.06. The van der Waals surface area contributed by atoms with Crippen molar-refractivity contribution < 1.29 is 0 Å². The van der Waals surface area contributed by atoms with Gasteiger partial charge in [0.2, 0.25) is 0 Å². The molecular weight excluding hydrogens is 281 g/mol. The second-order valence-corrected chi connectivity index (χ2v) is 5.84. The number of halogens is 2. The minimum atomic E-state index is 0.497. The van der Waals surface area contributed by atoms with Crippen molar-refractivity contribution in [2.45, 2.75) is 26.7 Å². The van der Waals surface area contributed by atoms with Crippen LogP contribution in [0.1, 0.15) is 26.0 Å². The van der Waals surface area contributed by atoms with Crippen LogP contribution in [0.2, 0.25) is 10.0 Å². The molecule has 0 aliphatic rings. The van der Waals surface area contributed by atoms with E-state index >= 15 is 0 Å². The summed E-state index contributed by atoms with van der Waals surface area (Å²) in [6, 6.07) is 5.51. The van der Waals surface area contributed by atoms with Gasteiger partial charge >= 0.3 is 0 Å². The van der Waals surface area contributed by atoms with Crippen LogP contribution in [-0.4, -0.2) is 10.2 Å². The van der Waals surface area contributed by atoms with Crippen molar-refractivity contribution >= 4 is 29.0 Å². The van der Waals surface area contributed by atoms with Gasteiger partial charge in [0.25, 0.3) is 0 Å². The first-order chi connectivity index (χ1) is 8.99. The zero-order valence-corrected chi connectivity index (χ0v) is 12.5. The Hall–Kier alpha value is -1.19. The van der Waals surface area contributed by atoms with E-state index in [0.717, 1.165) is 29.7 Å². The minimum Gasteiger partial charge on any atom is -0.382 e. The maximum Gasteiger partial charge on any atom is 0.153 e. The number of nitrogens with one attached hydrogen (secondary N) is 1. The summed E-state index contributed by atoms with van der Waals surface area (Å²) in [7, 11) is 0. The molecule has 0 fully saturated rings. The van der Waals surface area contributed by atoms with E-state index in [1.165, 1.54) is 0 Å². The molecule has 0 unspecified atom stereocenters.